The van der Waals surface area contributed by atoms with Crippen LogP contribution in [0.1, 0.15) is 19.3 Å². The molecule has 1 aromatic carbocycles. The van der Waals surface area contributed by atoms with Gasteiger partial charge in [-0.05, 0) is 31.4 Å². The second kappa shape index (κ2) is 6.05. The summed E-state index contributed by atoms with van der Waals surface area (Å²) < 4.78 is 0. The molecule has 0 spiro atoms. The SMILES string of the molecule is N/C(=N\C(=O)Nc1ccccc1)N1CCCCC1. The quantitative estimate of drug-likeness (QED) is 0.588. The van der Waals surface area contributed by atoms with E-state index >= 15 is 0 Å². The molecule has 0 unspecified atom stereocenters. The average molecular weight is 246 g/mol. The predicted molar refractivity (Wildman–Crippen MR) is 72.5 cm³/mol. The van der Waals surface area contributed by atoms with Gasteiger partial charge in [-0.1, -0.05) is 18.2 Å². The number of guanidine groups is 1. The van der Waals surface area contributed by atoms with E-state index < -0.39 is 6.03 Å². The molecule has 3 N–H and O–H groups in total. The highest BCUT2D eigenvalue weighted by atomic mass is 16.2. The molecule has 1 saturated heterocycles. The minimum Gasteiger partial charge on any atom is -0.369 e. The van der Waals surface area contributed by atoms with E-state index in [0.29, 0.717) is 5.96 Å². The van der Waals surface area contributed by atoms with E-state index in [0.717, 1.165) is 31.6 Å². The molecule has 5 heteroatoms. The lowest BCUT2D eigenvalue weighted by Crippen LogP contribution is -2.41. The Morgan fingerprint density at radius 1 is 1.17 bits per heavy atom. The van der Waals surface area contributed by atoms with Crippen molar-refractivity contribution in [3.8, 4) is 0 Å². The molecule has 1 fully saturated rings. The highest BCUT2D eigenvalue weighted by Crippen LogP contribution is 2.09. The number of hydrogen-bond donors (Lipinski definition) is 2. The zero-order chi connectivity index (χ0) is 12.8. The monoisotopic (exact) mass is 246 g/mol. The molecule has 1 aliphatic heterocycles. The van der Waals surface area contributed by atoms with E-state index in [1.807, 2.05) is 35.2 Å². The number of para-hydroxylation sites is 1. The van der Waals surface area contributed by atoms with Crippen LogP contribution in [0.15, 0.2) is 35.3 Å². The summed E-state index contributed by atoms with van der Waals surface area (Å²) in [5.74, 6) is 0.308. The summed E-state index contributed by atoms with van der Waals surface area (Å²) in [6.45, 7) is 1.77. The van der Waals surface area contributed by atoms with Crippen molar-refractivity contribution in [2.75, 3.05) is 18.4 Å². The zero-order valence-corrected chi connectivity index (χ0v) is 10.3. The van der Waals surface area contributed by atoms with Crippen LogP contribution in [0.3, 0.4) is 0 Å². The topological polar surface area (TPSA) is 70.7 Å². The third kappa shape index (κ3) is 3.48. The van der Waals surface area contributed by atoms with Crippen LogP contribution in [0, 0.1) is 0 Å². The number of rotatable bonds is 1. The number of benzene rings is 1. The lowest BCUT2D eigenvalue weighted by Gasteiger charge is -2.27. The molecular weight excluding hydrogens is 228 g/mol. The molecule has 1 aliphatic rings. The van der Waals surface area contributed by atoms with Crippen LogP contribution >= 0.6 is 0 Å². The van der Waals surface area contributed by atoms with E-state index in [-0.39, 0.29) is 0 Å². The van der Waals surface area contributed by atoms with Crippen molar-refractivity contribution in [1.82, 2.24) is 4.90 Å². The van der Waals surface area contributed by atoms with Crippen LogP contribution < -0.4 is 11.1 Å². The molecule has 96 valence electrons. The Morgan fingerprint density at radius 3 is 2.50 bits per heavy atom. The largest absolute Gasteiger partial charge is 0.369 e. The van der Waals surface area contributed by atoms with Crippen molar-refractivity contribution in [2.45, 2.75) is 19.3 Å². The van der Waals surface area contributed by atoms with E-state index in [9.17, 15) is 4.79 Å². The highest BCUT2D eigenvalue weighted by Gasteiger charge is 2.13. The van der Waals surface area contributed by atoms with Crippen LogP contribution in [0.5, 0.6) is 0 Å². The molecule has 0 atom stereocenters. The van der Waals surface area contributed by atoms with Gasteiger partial charge in [0.1, 0.15) is 0 Å². The van der Waals surface area contributed by atoms with Crippen LogP contribution in [0.25, 0.3) is 0 Å². The van der Waals surface area contributed by atoms with Gasteiger partial charge in [-0.25, -0.2) is 4.79 Å². The van der Waals surface area contributed by atoms with Crippen molar-refractivity contribution in [3.05, 3.63) is 30.3 Å². The maximum atomic E-state index is 11.7. The van der Waals surface area contributed by atoms with Crippen LogP contribution in [0.4, 0.5) is 10.5 Å². The third-order valence-corrected chi connectivity index (χ3v) is 2.92. The summed E-state index contributed by atoms with van der Waals surface area (Å²) in [7, 11) is 0. The summed E-state index contributed by atoms with van der Waals surface area (Å²) in [5, 5.41) is 2.68. The normalized spacial score (nSPS) is 16.4. The molecule has 0 aliphatic carbocycles. The molecule has 2 amide bonds. The third-order valence-electron chi connectivity index (χ3n) is 2.92. The van der Waals surface area contributed by atoms with Gasteiger partial charge in [0.05, 0.1) is 0 Å². The van der Waals surface area contributed by atoms with Crippen molar-refractivity contribution in [3.63, 3.8) is 0 Å². The number of nitrogens with two attached hydrogens (primary N) is 1. The first-order valence-corrected chi connectivity index (χ1v) is 6.21. The summed E-state index contributed by atoms with van der Waals surface area (Å²) in [6.07, 6.45) is 3.44. The lowest BCUT2D eigenvalue weighted by molar-refractivity contribution is 0.258. The number of hydrogen-bond acceptors (Lipinski definition) is 1. The number of nitrogens with zero attached hydrogens (tertiary/aromatic N) is 2. The van der Waals surface area contributed by atoms with Gasteiger partial charge in [0.15, 0.2) is 0 Å². The first kappa shape index (κ1) is 12.4. The van der Waals surface area contributed by atoms with Gasteiger partial charge < -0.3 is 16.0 Å². The minimum absolute atomic E-state index is 0.308. The van der Waals surface area contributed by atoms with Gasteiger partial charge in [-0.3, -0.25) is 0 Å². The second-order valence-corrected chi connectivity index (χ2v) is 4.31. The molecule has 0 bridgehead atoms. The summed E-state index contributed by atoms with van der Waals surface area (Å²) in [6, 6.07) is 8.79. The number of anilines is 1. The van der Waals surface area contributed by atoms with Crippen LogP contribution in [-0.4, -0.2) is 30.0 Å². The molecule has 2 rings (SSSR count). The fourth-order valence-electron chi connectivity index (χ4n) is 1.97. The Bertz CT molecular complexity index is 424. The smallest absolute Gasteiger partial charge is 0.348 e. The Balaban J connectivity index is 1.93. The van der Waals surface area contributed by atoms with E-state index in [4.69, 9.17) is 5.73 Å². The molecule has 1 aromatic rings. The fourth-order valence-corrected chi connectivity index (χ4v) is 1.97. The first-order valence-electron chi connectivity index (χ1n) is 6.21. The maximum absolute atomic E-state index is 11.7. The van der Waals surface area contributed by atoms with E-state index in [1.165, 1.54) is 6.42 Å². The van der Waals surface area contributed by atoms with Gasteiger partial charge in [0, 0.05) is 18.8 Å². The molecule has 18 heavy (non-hydrogen) atoms. The standard InChI is InChI=1S/C13H18N4O/c14-12(17-9-5-2-6-10-17)16-13(18)15-11-7-3-1-4-8-11/h1,3-4,7-8H,2,5-6,9-10H2,(H3,14,15,16,18). The molecular formula is C13H18N4O. The number of nitrogens with one attached hydrogen (secondary N) is 1. The number of urea groups is 1. The number of carbonyl (C=O) groups excluding carboxylic acids is 1. The van der Waals surface area contributed by atoms with Crippen LogP contribution in [-0.2, 0) is 0 Å². The maximum Gasteiger partial charge on any atom is 0.348 e. The molecule has 5 nitrogen and oxygen atoms in total. The minimum atomic E-state index is -0.427. The molecule has 0 radical (unpaired) electrons. The van der Waals surface area contributed by atoms with Crippen molar-refractivity contribution in [2.24, 2.45) is 10.7 Å². The van der Waals surface area contributed by atoms with Gasteiger partial charge >= 0.3 is 6.03 Å². The molecule has 0 aromatic heterocycles. The van der Waals surface area contributed by atoms with Crippen molar-refractivity contribution >= 4 is 17.7 Å². The van der Waals surface area contributed by atoms with E-state index in [2.05, 4.69) is 10.3 Å². The van der Waals surface area contributed by atoms with Crippen molar-refractivity contribution in [1.29, 1.82) is 0 Å². The Kier molecular flexibility index (Phi) is 4.17. The van der Waals surface area contributed by atoms with Crippen LogP contribution in [0.2, 0.25) is 0 Å². The summed E-state index contributed by atoms with van der Waals surface area (Å²) >= 11 is 0. The van der Waals surface area contributed by atoms with Gasteiger partial charge in [-0.2, -0.15) is 4.99 Å². The predicted octanol–water partition coefficient (Wildman–Crippen LogP) is 2.02. The number of amides is 2. The number of aliphatic imine (C=N–C) groups is 1. The lowest BCUT2D eigenvalue weighted by atomic mass is 10.1. The van der Waals surface area contributed by atoms with Gasteiger partial charge in [0.2, 0.25) is 5.96 Å². The Labute approximate surface area is 107 Å². The number of likely N-dealkylation sites (tertiary alicyclic amines) is 1. The summed E-state index contributed by atoms with van der Waals surface area (Å²) in [4.78, 5) is 17.5. The van der Waals surface area contributed by atoms with Gasteiger partial charge in [0.25, 0.3) is 0 Å². The first-order chi connectivity index (χ1) is 8.75. The Hall–Kier alpha value is -2.04. The molecule has 0 saturated carbocycles. The van der Waals surface area contributed by atoms with Crippen molar-refractivity contribution < 1.29 is 4.79 Å². The number of piperidine rings is 1. The average Bonchev–Trinajstić information content (AvgIpc) is 2.40. The summed E-state index contributed by atoms with van der Waals surface area (Å²) in [5.41, 5.74) is 6.54. The fraction of sp³-hybridized carbons (Fsp3) is 0.385. The zero-order valence-electron chi connectivity index (χ0n) is 10.3. The molecule has 1 heterocycles. The Morgan fingerprint density at radius 2 is 1.83 bits per heavy atom. The second-order valence-electron chi connectivity index (χ2n) is 4.31. The number of carbonyl (C=O) groups is 1. The highest BCUT2D eigenvalue weighted by molar-refractivity contribution is 5.98. The van der Waals surface area contributed by atoms with Gasteiger partial charge in [-0.15, -0.1) is 0 Å². The van der Waals surface area contributed by atoms with E-state index in [1.54, 1.807) is 0 Å².